The predicted octanol–water partition coefficient (Wildman–Crippen LogP) is 0.724. The largest absolute Gasteiger partial charge is 0.477 e. The number of fused-ring (bicyclic) bond motifs is 1. The molecule has 8 nitrogen and oxygen atoms in total. The SMILES string of the molecule is C=C1C(C)=C(C(=O)O)N2C(=O)/C(=C/C(=O)OC(C)(C)C)[C@H]2S1(=O)=O. The van der Waals surface area contributed by atoms with E-state index < -0.39 is 44.4 Å². The number of carbonyl (C=O) groups is 3. The molecule has 9 heteroatoms. The fourth-order valence-electron chi connectivity index (χ4n) is 2.46. The van der Waals surface area contributed by atoms with Gasteiger partial charge in [-0.1, -0.05) is 6.58 Å². The number of hydrogen-bond acceptors (Lipinski definition) is 6. The van der Waals surface area contributed by atoms with E-state index in [-0.39, 0.29) is 16.1 Å². The van der Waals surface area contributed by atoms with Crippen LogP contribution in [0.25, 0.3) is 0 Å². The first-order chi connectivity index (χ1) is 10.8. The molecule has 24 heavy (non-hydrogen) atoms. The fraction of sp³-hybridized carbons (Fsp3) is 0.400. The summed E-state index contributed by atoms with van der Waals surface area (Å²) in [6, 6.07) is 0. The Kier molecular flexibility index (Phi) is 3.96. The lowest BCUT2D eigenvalue weighted by Crippen LogP contribution is -2.61. The smallest absolute Gasteiger partial charge is 0.352 e. The van der Waals surface area contributed by atoms with Gasteiger partial charge in [-0.2, -0.15) is 0 Å². The van der Waals surface area contributed by atoms with Crippen molar-refractivity contribution in [3.8, 4) is 0 Å². The highest BCUT2D eigenvalue weighted by atomic mass is 32.2. The number of carbonyl (C=O) groups excluding carboxylic acids is 2. The van der Waals surface area contributed by atoms with Gasteiger partial charge in [0, 0.05) is 6.08 Å². The number of esters is 1. The Labute approximate surface area is 139 Å². The summed E-state index contributed by atoms with van der Waals surface area (Å²) in [6.07, 6.45) is 0.791. The molecule has 1 N–H and O–H groups in total. The molecule has 0 aromatic rings. The van der Waals surface area contributed by atoms with Crippen molar-refractivity contribution >= 4 is 27.7 Å². The van der Waals surface area contributed by atoms with Crippen molar-refractivity contribution in [1.82, 2.24) is 4.90 Å². The van der Waals surface area contributed by atoms with Crippen LogP contribution in [-0.2, 0) is 29.0 Å². The Morgan fingerprint density at radius 2 is 1.88 bits per heavy atom. The fourth-order valence-corrected chi connectivity index (χ4v) is 4.24. The monoisotopic (exact) mass is 355 g/mol. The van der Waals surface area contributed by atoms with Gasteiger partial charge < -0.3 is 9.84 Å². The van der Waals surface area contributed by atoms with E-state index in [1.54, 1.807) is 20.8 Å². The summed E-state index contributed by atoms with van der Waals surface area (Å²) in [5, 5.41) is 7.69. The van der Waals surface area contributed by atoms with Crippen LogP contribution < -0.4 is 0 Å². The van der Waals surface area contributed by atoms with Crippen LogP contribution in [0.2, 0.25) is 0 Å². The second-order valence-electron chi connectivity index (χ2n) is 6.41. The number of sulfone groups is 1. The molecule has 0 bridgehead atoms. The Bertz CT molecular complexity index is 840. The zero-order chi connectivity index (χ0) is 18.6. The van der Waals surface area contributed by atoms with Gasteiger partial charge in [0.2, 0.25) is 9.84 Å². The standard InChI is InChI=1S/C15H17NO7S/c1-7-8(2)24(21,22)13-9(6-10(17)23-15(3,4)5)12(18)16(13)11(7)14(19)20/h6,13H,2H2,1,3-5H3,(H,19,20)/b9-6-/t13-/m1/s1. The van der Waals surface area contributed by atoms with Crippen LogP contribution in [0.5, 0.6) is 0 Å². The molecule has 0 aromatic carbocycles. The highest BCUT2D eigenvalue weighted by Gasteiger charge is 2.57. The first-order valence-corrected chi connectivity index (χ1v) is 8.49. The third-order valence-corrected chi connectivity index (χ3v) is 5.55. The Morgan fingerprint density at radius 1 is 1.33 bits per heavy atom. The number of nitrogens with zero attached hydrogens (tertiary/aromatic N) is 1. The molecule has 0 unspecified atom stereocenters. The van der Waals surface area contributed by atoms with Gasteiger partial charge in [0.25, 0.3) is 5.91 Å². The molecular formula is C15H17NO7S. The number of hydrogen-bond donors (Lipinski definition) is 1. The first-order valence-electron chi connectivity index (χ1n) is 6.94. The number of β-lactam (4-membered cyclic amide) rings is 1. The number of aliphatic carboxylic acids is 1. The van der Waals surface area contributed by atoms with Gasteiger partial charge in [-0.15, -0.1) is 0 Å². The van der Waals surface area contributed by atoms with E-state index >= 15 is 0 Å². The van der Waals surface area contributed by atoms with E-state index in [1.807, 2.05) is 0 Å². The molecule has 0 aliphatic carbocycles. The van der Waals surface area contributed by atoms with Gasteiger partial charge in [0.15, 0.2) is 5.37 Å². The zero-order valence-electron chi connectivity index (χ0n) is 13.6. The zero-order valence-corrected chi connectivity index (χ0v) is 14.4. The molecular weight excluding hydrogens is 338 g/mol. The number of carboxylic acid groups (broad SMARTS) is 1. The Morgan fingerprint density at radius 3 is 2.33 bits per heavy atom. The third-order valence-electron chi connectivity index (χ3n) is 3.50. The van der Waals surface area contributed by atoms with Crippen LogP contribution in [0.15, 0.2) is 34.4 Å². The lowest BCUT2D eigenvalue weighted by Gasteiger charge is -2.45. The van der Waals surface area contributed by atoms with Gasteiger partial charge in [0.05, 0.1) is 10.5 Å². The van der Waals surface area contributed by atoms with Gasteiger partial charge >= 0.3 is 11.9 Å². The molecule has 0 spiro atoms. The van der Waals surface area contributed by atoms with Crippen molar-refractivity contribution in [2.75, 3.05) is 0 Å². The van der Waals surface area contributed by atoms with Gasteiger partial charge in [-0.25, -0.2) is 18.0 Å². The summed E-state index contributed by atoms with van der Waals surface area (Å²) in [5.74, 6) is -3.19. The van der Waals surface area contributed by atoms with E-state index in [2.05, 4.69) is 6.58 Å². The highest BCUT2D eigenvalue weighted by Crippen LogP contribution is 2.44. The maximum absolute atomic E-state index is 12.5. The van der Waals surface area contributed by atoms with Crippen LogP contribution in [0, 0.1) is 0 Å². The molecule has 1 fully saturated rings. The quantitative estimate of drug-likeness (QED) is 0.440. The normalized spacial score (nSPS) is 24.6. The van der Waals surface area contributed by atoms with E-state index in [0.29, 0.717) is 4.90 Å². The molecule has 0 saturated carbocycles. The van der Waals surface area contributed by atoms with Crippen molar-refractivity contribution in [3.05, 3.63) is 34.4 Å². The predicted molar refractivity (Wildman–Crippen MR) is 83.0 cm³/mol. The lowest BCUT2D eigenvalue weighted by molar-refractivity contribution is -0.149. The van der Waals surface area contributed by atoms with Crippen LogP contribution in [0.3, 0.4) is 0 Å². The molecule has 1 amide bonds. The van der Waals surface area contributed by atoms with Gasteiger partial charge in [-0.05, 0) is 33.3 Å². The number of ether oxygens (including phenoxy) is 1. The molecule has 2 rings (SSSR count). The van der Waals surface area contributed by atoms with Crippen LogP contribution in [0.4, 0.5) is 0 Å². The molecule has 2 heterocycles. The molecule has 0 aromatic heterocycles. The maximum atomic E-state index is 12.5. The summed E-state index contributed by atoms with van der Waals surface area (Å²) in [7, 11) is -4.08. The summed E-state index contributed by atoms with van der Waals surface area (Å²) in [4.78, 5) is 35.7. The number of carboxylic acids is 1. The first kappa shape index (κ1) is 17.9. The summed E-state index contributed by atoms with van der Waals surface area (Å²) in [5.41, 5.74) is -1.72. The van der Waals surface area contributed by atoms with E-state index in [0.717, 1.165) is 6.08 Å². The second-order valence-corrected chi connectivity index (χ2v) is 8.44. The number of allylic oxidation sites excluding steroid dienone is 1. The van der Waals surface area contributed by atoms with Crippen LogP contribution >= 0.6 is 0 Å². The Hall–Kier alpha value is -2.42. The number of rotatable bonds is 2. The van der Waals surface area contributed by atoms with E-state index in [1.165, 1.54) is 6.92 Å². The summed E-state index contributed by atoms with van der Waals surface area (Å²) in [6.45, 7) is 9.52. The Balaban J connectivity index is 2.51. The van der Waals surface area contributed by atoms with Crippen molar-refractivity contribution < 1.29 is 32.6 Å². The second kappa shape index (κ2) is 5.30. The third kappa shape index (κ3) is 2.64. The topological polar surface area (TPSA) is 118 Å². The van der Waals surface area contributed by atoms with Crippen molar-refractivity contribution in [2.24, 2.45) is 0 Å². The minimum Gasteiger partial charge on any atom is -0.477 e. The molecule has 2 aliphatic rings. The molecule has 1 atom stereocenters. The minimum absolute atomic E-state index is 0.108. The molecule has 0 radical (unpaired) electrons. The molecule has 130 valence electrons. The van der Waals surface area contributed by atoms with Crippen LogP contribution in [-0.4, -0.2) is 47.2 Å². The van der Waals surface area contributed by atoms with E-state index in [4.69, 9.17) is 4.74 Å². The lowest BCUT2D eigenvalue weighted by atomic mass is 10.0. The van der Waals surface area contributed by atoms with Gasteiger partial charge in [0.1, 0.15) is 11.3 Å². The average molecular weight is 355 g/mol. The molecule has 2 aliphatic heterocycles. The summed E-state index contributed by atoms with van der Waals surface area (Å²) >= 11 is 0. The van der Waals surface area contributed by atoms with Gasteiger partial charge in [-0.3, -0.25) is 9.69 Å². The van der Waals surface area contributed by atoms with Crippen molar-refractivity contribution in [1.29, 1.82) is 0 Å². The highest BCUT2D eigenvalue weighted by molar-refractivity contribution is 7.96. The summed E-state index contributed by atoms with van der Waals surface area (Å²) < 4.78 is 30.0. The average Bonchev–Trinajstić information content (AvgIpc) is 2.40. The maximum Gasteiger partial charge on any atom is 0.352 e. The van der Waals surface area contributed by atoms with Crippen LogP contribution in [0.1, 0.15) is 27.7 Å². The van der Waals surface area contributed by atoms with Crippen molar-refractivity contribution in [3.63, 3.8) is 0 Å². The minimum atomic E-state index is -4.08. The van der Waals surface area contributed by atoms with E-state index in [9.17, 15) is 27.9 Å². The molecule has 1 saturated heterocycles. The van der Waals surface area contributed by atoms with Crippen molar-refractivity contribution in [2.45, 2.75) is 38.7 Å². The number of amides is 1.